The summed E-state index contributed by atoms with van der Waals surface area (Å²) in [4.78, 5) is 27.0. The van der Waals surface area contributed by atoms with Gasteiger partial charge in [0.2, 0.25) is 5.97 Å². The molecular weight excluding hydrogens is 201 g/mol. The Balaban J connectivity index is 0. The minimum absolute atomic E-state index is 0. The standard InChI is InChI=1S/C4H5O4.Y/c1-3(5)7-8-4(2)6;/h1H2,2H3;/q-1;. The van der Waals surface area contributed by atoms with Gasteiger partial charge in [-0.3, -0.25) is 21.5 Å². The molecule has 0 fully saturated rings. The Labute approximate surface area is 77.7 Å². The summed E-state index contributed by atoms with van der Waals surface area (Å²) in [5.74, 6) is -1.57. The Kier molecular flexibility index (Phi) is 7.84. The van der Waals surface area contributed by atoms with Gasteiger partial charge in [-0.05, 0) is 0 Å². The van der Waals surface area contributed by atoms with Gasteiger partial charge in [0.1, 0.15) is 0 Å². The van der Waals surface area contributed by atoms with E-state index < -0.39 is 11.9 Å². The predicted molar refractivity (Wildman–Crippen MR) is 23.2 cm³/mol. The summed E-state index contributed by atoms with van der Waals surface area (Å²) in [6.45, 7) is 3.89. The number of carbonyl (C=O) groups excluding carboxylic acids is 2. The Bertz CT molecular complexity index is 97.1. The van der Waals surface area contributed by atoms with Crippen molar-refractivity contribution in [2.75, 3.05) is 0 Å². The second-order valence-electron chi connectivity index (χ2n) is 1.03. The first-order chi connectivity index (χ1) is 3.63. The van der Waals surface area contributed by atoms with Crippen LogP contribution in [0.3, 0.4) is 0 Å². The molecule has 0 aliphatic heterocycles. The van der Waals surface area contributed by atoms with Crippen molar-refractivity contribution in [1.82, 2.24) is 0 Å². The largest absolute Gasteiger partial charge is 0.352 e. The smallest absolute Gasteiger partial charge is 0.294 e. The molecule has 9 heavy (non-hydrogen) atoms. The maximum atomic E-state index is 9.82. The van der Waals surface area contributed by atoms with Crippen LogP contribution in [0, 0.1) is 6.92 Å². The predicted octanol–water partition coefficient (Wildman–Crippen LogP) is -0.161. The zero-order chi connectivity index (χ0) is 6.57. The van der Waals surface area contributed by atoms with Gasteiger partial charge in [0.05, 0.1) is 0 Å². The summed E-state index contributed by atoms with van der Waals surface area (Å²) in [6.07, 6.45) is 0. The molecule has 5 heteroatoms. The van der Waals surface area contributed by atoms with Gasteiger partial charge in [0.15, 0.2) is 0 Å². The Morgan fingerprint density at radius 1 is 1.33 bits per heavy atom. The maximum absolute atomic E-state index is 9.82. The number of hydrogen-bond acceptors (Lipinski definition) is 4. The quantitative estimate of drug-likeness (QED) is 0.314. The number of rotatable bonds is 0. The molecule has 0 aromatic heterocycles. The summed E-state index contributed by atoms with van der Waals surface area (Å²) < 4.78 is 0. The van der Waals surface area contributed by atoms with Gasteiger partial charge in [-0.25, -0.2) is 4.79 Å². The number of hydrogen-bond donors (Lipinski definition) is 0. The average molecular weight is 206 g/mol. The van der Waals surface area contributed by atoms with Crippen LogP contribution in [0.1, 0.15) is 6.92 Å². The van der Waals surface area contributed by atoms with E-state index >= 15 is 0 Å². The molecule has 4 nitrogen and oxygen atoms in total. The molecule has 0 aromatic carbocycles. The first kappa shape index (κ1) is 11.7. The molecule has 0 spiro atoms. The van der Waals surface area contributed by atoms with Gasteiger partial charge in [0, 0.05) is 39.6 Å². The van der Waals surface area contributed by atoms with Crippen molar-refractivity contribution in [1.29, 1.82) is 0 Å². The van der Waals surface area contributed by atoms with Crippen molar-refractivity contribution < 1.29 is 52.1 Å². The van der Waals surface area contributed by atoms with Crippen LogP contribution in [0.2, 0.25) is 0 Å². The van der Waals surface area contributed by atoms with E-state index in [2.05, 4.69) is 16.7 Å². The van der Waals surface area contributed by atoms with Crippen molar-refractivity contribution in [2.24, 2.45) is 0 Å². The molecule has 0 aromatic rings. The summed E-state index contributed by atoms with van der Waals surface area (Å²) in [7, 11) is 0. The number of carbonyl (C=O) groups is 2. The van der Waals surface area contributed by atoms with Crippen LogP contribution in [0.5, 0.6) is 0 Å². The molecule has 0 aliphatic carbocycles. The summed E-state index contributed by atoms with van der Waals surface area (Å²) in [5, 5.41) is 0. The van der Waals surface area contributed by atoms with Gasteiger partial charge in [-0.15, -0.1) is 0 Å². The van der Waals surface area contributed by atoms with Crippen LogP contribution < -0.4 is 0 Å². The summed E-state index contributed by atoms with van der Waals surface area (Å²) in [6, 6.07) is 0. The van der Waals surface area contributed by atoms with Crippen LogP contribution >= 0.6 is 0 Å². The fraction of sp³-hybridized carbons (Fsp3) is 0.250. The Morgan fingerprint density at radius 2 is 1.78 bits per heavy atom. The molecule has 0 unspecified atom stereocenters. The zero-order valence-corrected chi connectivity index (χ0v) is 7.76. The second kappa shape index (κ2) is 6.04. The Morgan fingerprint density at radius 3 is 1.89 bits per heavy atom. The molecule has 49 valence electrons. The van der Waals surface area contributed by atoms with Crippen LogP contribution in [0.4, 0.5) is 0 Å². The van der Waals surface area contributed by atoms with E-state index in [1.807, 2.05) is 0 Å². The zero-order valence-electron chi connectivity index (χ0n) is 4.92. The van der Waals surface area contributed by atoms with E-state index in [0.29, 0.717) is 0 Å². The van der Waals surface area contributed by atoms with Gasteiger partial charge in [-0.1, -0.05) is 0 Å². The fourth-order valence-electron chi connectivity index (χ4n) is 0.105. The molecule has 0 atom stereocenters. The monoisotopic (exact) mass is 206 g/mol. The van der Waals surface area contributed by atoms with Crippen LogP contribution in [0.25, 0.3) is 0 Å². The SMILES string of the molecule is [CH2-]C(=O)OOC(C)=O.[Y]. The minimum Gasteiger partial charge on any atom is -0.294 e. The third-order valence-corrected chi connectivity index (χ3v) is 0.252. The van der Waals surface area contributed by atoms with Gasteiger partial charge < -0.3 is 0 Å². The third-order valence-electron chi connectivity index (χ3n) is 0.252. The van der Waals surface area contributed by atoms with Gasteiger partial charge >= 0.3 is 5.97 Å². The minimum atomic E-state index is -0.889. The maximum Gasteiger partial charge on any atom is 0.352 e. The van der Waals surface area contributed by atoms with E-state index in [1.54, 1.807) is 0 Å². The Hall–Kier alpha value is -0.0861. The summed E-state index contributed by atoms with van der Waals surface area (Å²) in [5.41, 5.74) is 0. The van der Waals surface area contributed by atoms with Crippen molar-refractivity contribution in [3.63, 3.8) is 0 Å². The molecule has 0 heterocycles. The average Bonchev–Trinajstić information content (AvgIpc) is 1.61. The molecular formula is C4H5O4Y-. The van der Waals surface area contributed by atoms with Gasteiger partial charge in [-0.2, -0.15) is 0 Å². The van der Waals surface area contributed by atoms with Gasteiger partial charge in [0.25, 0.3) is 0 Å². The van der Waals surface area contributed by atoms with E-state index in [0.717, 1.165) is 6.92 Å². The van der Waals surface area contributed by atoms with Crippen LogP contribution in [-0.2, 0) is 52.1 Å². The summed E-state index contributed by atoms with van der Waals surface area (Å²) >= 11 is 0. The van der Waals surface area contributed by atoms with Crippen molar-refractivity contribution in [3.05, 3.63) is 6.92 Å². The van der Waals surface area contributed by atoms with Crippen molar-refractivity contribution in [2.45, 2.75) is 6.92 Å². The van der Waals surface area contributed by atoms with E-state index in [-0.39, 0.29) is 32.7 Å². The molecule has 1 radical (unpaired) electrons. The van der Waals surface area contributed by atoms with Crippen LogP contribution in [-0.4, -0.2) is 11.9 Å². The van der Waals surface area contributed by atoms with Crippen molar-refractivity contribution >= 4 is 11.9 Å². The molecule has 0 bridgehead atoms. The van der Waals surface area contributed by atoms with E-state index in [4.69, 9.17) is 0 Å². The molecule has 0 saturated carbocycles. The molecule has 0 rings (SSSR count). The molecule has 0 aliphatic rings. The molecule has 0 amide bonds. The normalized spacial score (nSPS) is 6.78. The fourth-order valence-corrected chi connectivity index (χ4v) is 0.105. The topological polar surface area (TPSA) is 52.6 Å². The first-order valence-electron chi connectivity index (χ1n) is 1.84. The molecule has 0 saturated heterocycles. The van der Waals surface area contributed by atoms with E-state index in [9.17, 15) is 9.59 Å². The molecule has 0 N–H and O–H groups in total. The van der Waals surface area contributed by atoms with Crippen LogP contribution in [0.15, 0.2) is 0 Å². The second-order valence-corrected chi connectivity index (χ2v) is 1.03. The van der Waals surface area contributed by atoms with Crippen molar-refractivity contribution in [3.8, 4) is 0 Å². The first-order valence-corrected chi connectivity index (χ1v) is 1.84. The third kappa shape index (κ3) is 11.5. The van der Waals surface area contributed by atoms with E-state index in [1.165, 1.54) is 0 Å².